The number of carbonyl (C=O) groups is 2. The highest BCUT2D eigenvalue weighted by Gasteiger charge is 2.38. The fraction of sp³-hybridized carbons (Fsp3) is 0.556. The topological polar surface area (TPSA) is 104 Å². The average Bonchev–Trinajstić information content (AvgIpc) is 2.62. The summed E-state index contributed by atoms with van der Waals surface area (Å²) in [6, 6.07) is 11.9. The standard InChI is InChI=1S/C14H22N2.2C2HF3O2/c1-16(11-12-5-3-2-4-6-12)14-9-7-13(15)8-10-14;2*3-2(4,5)1(6)7/h2-6,13-14H,7-11,15H2,1H3;2*(H,6,7). The molecule has 1 aliphatic carbocycles. The zero-order chi connectivity index (χ0) is 23.5. The highest BCUT2D eigenvalue weighted by Crippen LogP contribution is 2.22. The Labute approximate surface area is 169 Å². The molecule has 1 aromatic rings. The molecule has 0 aromatic heterocycles. The van der Waals surface area contributed by atoms with Crippen LogP contribution in [0.3, 0.4) is 0 Å². The maximum Gasteiger partial charge on any atom is 0.490 e. The predicted octanol–water partition coefficient (Wildman–Crippen LogP) is 3.65. The van der Waals surface area contributed by atoms with Crippen LogP contribution in [0.2, 0.25) is 0 Å². The summed E-state index contributed by atoms with van der Waals surface area (Å²) < 4.78 is 63.5. The number of alkyl halides is 6. The quantitative estimate of drug-likeness (QED) is 0.613. The van der Waals surface area contributed by atoms with Gasteiger partial charge in [0.15, 0.2) is 0 Å². The molecule has 0 unspecified atom stereocenters. The van der Waals surface area contributed by atoms with E-state index in [0.717, 1.165) is 12.6 Å². The Bertz CT molecular complexity index is 620. The van der Waals surface area contributed by atoms with E-state index in [4.69, 9.17) is 25.5 Å². The average molecular weight is 446 g/mol. The minimum Gasteiger partial charge on any atom is -0.475 e. The number of rotatable bonds is 3. The van der Waals surface area contributed by atoms with Gasteiger partial charge in [-0.1, -0.05) is 30.3 Å². The minimum absolute atomic E-state index is 0.446. The third-order valence-corrected chi connectivity index (χ3v) is 4.12. The van der Waals surface area contributed by atoms with Crippen molar-refractivity contribution in [2.45, 2.75) is 56.7 Å². The number of hydrogen-bond donors (Lipinski definition) is 3. The monoisotopic (exact) mass is 446 g/mol. The van der Waals surface area contributed by atoms with E-state index < -0.39 is 24.3 Å². The molecule has 0 heterocycles. The zero-order valence-corrected chi connectivity index (χ0v) is 16.1. The molecule has 0 atom stereocenters. The number of carboxylic acid groups (broad SMARTS) is 2. The van der Waals surface area contributed by atoms with E-state index in [2.05, 4.69) is 42.3 Å². The Kier molecular flexibility index (Phi) is 11.4. The predicted molar refractivity (Wildman–Crippen MR) is 95.5 cm³/mol. The minimum atomic E-state index is -5.08. The number of carboxylic acids is 2. The van der Waals surface area contributed by atoms with Crippen molar-refractivity contribution in [1.82, 2.24) is 4.90 Å². The second-order valence-electron chi connectivity index (χ2n) is 6.58. The number of benzene rings is 1. The lowest BCUT2D eigenvalue weighted by atomic mass is 9.91. The molecule has 6 nitrogen and oxygen atoms in total. The molecule has 0 amide bonds. The van der Waals surface area contributed by atoms with Crippen molar-refractivity contribution in [3.63, 3.8) is 0 Å². The summed E-state index contributed by atoms with van der Waals surface area (Å²) in [4.78, 5) is 20.3. The molecule has 12 heteroatoms. The second kappa shape index (κ2) is 12.4. The van der Waals surface area contributed by atoms with Gasteiger partial charge in [-0.3, -0.25) is 4.90 Å². The van der Waals surface area contributed by atoms with Crippen LogP contribution in [-0.4, -0.2) is 58.5 Å². The molecule has 0 spiro atoms. The fourth-order valence-corrected chi connectivity index (χ4v) is 2.54. The zero-order valence-electron chi connectivity index (χ0n) is 16.1. The molecule has 0 radical (unpaired) electrons. The smallest absolute Gasteiger partial charge is 0.475 e. The van der Waals surface area contributed by atoms with Gasteiger partial charge in [0.05, 0.1) is 0 Å². The van der Waals surface area contributed by atoms with Crippen LogP contribution in [0.4, 0.5) is 26.3 Å². The lowest BCUT2D eigenvalue weighted by Gasteiger charge is -2.33. The first-order chi connectivity index (χ1) is 13.6. The van der Waals surface area contributed by atoms with Gasteiger partial charge in [-0.2, -0.15) is 26.3 Å². The molecular weight excluding hydrogens is 422 g/mol. The molecule has 30 heavy (non-hydrogen) atoms. The van der Waals surface area contributed by atoms with Gasteiger partial charge < -0.3 is 15.9 Å². The first-order valence-corrected chi connectivity index (χ1v) is 8.74. The fourth-order valence-electron chi connectivity index (χ4n) is 2.54. The normalized spacial score (nSPS) is 19.1. The third kappa shape index (κ3) is 12.3. The van der Waals surface area contributed by atoms with Gasteiger partial charge in [-0.15, -0.1) is 0 Å². The molecule has 0 bridgehead atoms. The summed E-state index contributed by atoms with van der Waals surface area (Å²) in [5, 5.41) is 14.2. The molecule has 4 N–H and O–H groups in total. The van der Waals surface area contributed by atoms with Crippen LogP contribution in [0.25, 0.3) is 0 Å². The van der Waals surface area contributed by atoms with Crippen LogP contribution in [-0.2, 0) is 16.1 Å². The van der Waals surface area contributed by atoms with Crippen LogP contribution in [0.15, 0.2) is 30.3 Å². The van der Waals surface area contributed by atoms with Crippen molar-refractivity contribution < 1.29 is 46.1 Å². The van der Waals surface area contributed by atoms with Crippen LogP contribution in [0, 0.1) is 0 Å². The largest absolute Gasteiger partial charge is 0.490 e. The van der Waals surface area contributed by atoms with Gasteiger partial charge in [0.25, 0.3) is 0 Å². The number of hydrogen-bond acceptors (Lipinski definition) is 4. The van der Waals surface area contributed by atoms with Gasteiger partial charge >= 0.3 is 24.3 Å². The highest BCUT2D eigenvalue weighted by atomic mass is 19.4. The molecule has 1 saturated carbocycles. The van der Waals surface area contributed by atoms with Gasteiger partial charge in [-0.05, 0) is 38.3 Å². The maximum absolute atomic E-state index is 10.6. The molecule has 0 saturated heterocycles. The van der Waals surface area contributed by atoms with E-state index in [0.29, 0.717) is 6.04 Å². The molecular formula is C18H24F6N2O4. The Balaban J connectivity index is 0.000000503. The van der Waals surface area contributed by atoms with Gasteiger partial charge in [0.2, 0.25) is 0 Å². The first kappa shape index (κ1) is 27.7. The van der Waals surface area contributed by atoms with E-state index >= 15 is 0 Å². The van der Waals surface area contributed by atoms with Gasteiger partial charge in [0, 0.05) is 18.6 Å². The van der Waals surface area contributed by atoms with Crippen molar-refractivity contribution in [1.29, 1.82) is 0 Å². The summed E-state index contributed by atoms with van der Waals surface area (Å²) in [5.74, 6) is -5.51. The molecule has 0 aliphatic heterocycles. The lowest BCUT2D eigenvalue weighted by Crippen LogP contribution is -2.38. The SMILES string of the molecule is CN(Cc1ccccc1)C1CCC(N)CC1.O=C(O)C(F)(F)F.O=C(O)C(F)(F)F. The number of nitrogens with zero attached hydrogens (tertiary/aromatic N) is 1. The Morgan fingerprint density at radius 2 is 1.30 bits per heavy atom. The summed E-state index contributed by atoms with van der Waals surface area (Å²) in [6.07, 6.45) is -5.29. The van der Waals surface area contributed by atoms with Crippen LogP contribution < -0.4 is 5.73 Å². The molecule has 172 valence electrons. The van der Waals surface area contributed by atoms with Crippen molar-refractivity contribution in [3.8, 4) is 0 Å². The van der Waals surface area contributed by atoms with Crippen LogP contribution in [0.1, 0.15) is 31.2 Å². The van der Waals surface area contributed by atoms with E-state index in [1.54, 1.807) is 0 Å². The Hall–Kier alpha value is -2.34. The summed E-state index contributed by atoms with van der Waals surface area (Å²) in [6.45, 7) is 1.06. The Morgan fingerprint density at radius 3 is 1.63 bits per heavy atom. The summed E-state index contributed by atoms with van der Waals surface area (Å²) in [7, 11) is 2.23. The lowest BCUT2D eigenvalue weighted by molar-refractivity contribution is -0.193. The maximum atomic E-state index is 10.6. The number of halogens is 6. The highest BCUT2D eigenvalue weighted by molar-refractivity contribution is 5.73. The van der Waals surface area contributed by atoms with E-state index in [9.17, 15) is 26.3 Å². The van der Waals surface area contributed by atoms with Crippen molar-refractivity contribution >= 4 is 11.9 Å². The van der Waals surface area contributed by atoms with E-state index in [1.807, 2.05) is 0 Å². The summed E-state index contributed by atoms with van der Waals surface area (Å²) >= 11 is 0. The summed E-state index contributed by atoms with van der Waals surface area (Å²) in [5.41, 5.74) is 7.33. The van der Waals surface area contributed by atoms with Crippen molar-refractivity contribution in [3.05, 3.63) is 35.9 Å². The van der Waals surface area contributed by atoms with Crippen molar-refractivity contribution in [2.24, 2.45) is 5.73 Å². The second-order valence-corrected chi connectivity index (χ2v) is 6.58. The molecule has 1 aliphatic rings. The first-order valence-electron chi connectivity index (χ1n) is 8.74. The Morgan fingerprint density at radius 1 is 0.933 bits per heavy atom. The van der Waals surface area contributed by atoms with E-state index in [-0.39, 0.29) is 0 Å². The van der Waals surface area contributed by atoms with Gasteiger partial charge in [0.1, 0.15) is 0 Å². The number of aliphatic carboxylic acids is 2. The van der Waals surface area contributed by atoms with E-state index in [1.165, 1.54) is 31.2 Å². The van der Waals surface area contributed by atoms with Crippen molar-refractivity contribution in [2.75, 3.05) is 7.05 Å². The molecule has 1 aromatic carbocycles. The number of nitrogens with two attached hydrogens (primary N) is 1. The van der Waals surface area contributed by atoms with Crippen LogP contribution in [0.5, 0.6) is 0 Å². The van der Waals surface area contributed by atoms with Gasteiger partial charge in [-0.25, -0.2) is 9.59 Å². The molecule has 2 rings (SSSR count). The third-order valence-electron chi connectivity index (χ3n) is 4.12. The van der Waals surface area contributed by atoms with Crippen LogP contribution >= 0.6 is 0 Å². The molecule has 1 fully saturated rings.